The molecule has 0 amide bonds. The summed E-state index contributed by atoms with van der Waals surface area (Å²) in [5.74, 6) is -0.264. The van der Waals surface area contributed by atoms with Gasteiger partial charge in [0.25, 0.3) is 0 Å². The Kier molecular flexibility index (Phi) is 5.46. The van der Waals surface area contributed by atoms with E-state index in [0.717, 1.165) is 18.7 Å². The molecule has 110 valence electrons. The summed E-state index contributed by atoms with van der Waals surface area (Å²) < 4.78 is 5.54. The van der Waals surface area contributed by atoms with E-state index in [4.69, 9.17) is 21.4 Å². The van der Waals surface area contributed by atoms with Gasteiger partial charge in [-0.15, -0.1) is 0 Å². The van der Waals surface area contributed by atoms with Crippen LogP contribution in [0.5, 0.6) is 5.75 Å². The van der Waals surface area contributed by atoms with Crippen molar-refractivity contribution < 1.29 is 14.6 Å². The minimum Gasteiger partial charge on any atom is -0.494 e. The van der Waals surface area contributed by atoms with Crippen LogP contribution in [-0.2, 0) is 0 Å². The van der Waals surface area contributed by atoms with Gasteiger partial charge in [-0.1, -0.05) is 11.6 Å². The minimum absolute atomic E-state index is 0.256. The molecule has 0 saturated heterocycles. The summed E-state index contributed by atoms with van der Waals surface area (Å²) in [5, 5.41) is 12.8. The topological polar surface area (TPSA) is 58.6 Å². The maximum Gasteiger partial charge on any atom is 0.335 e. The quantitative estimate of drug-likeness (QED) is 0.761. The molecule has 2 rings (SSSR count). The van der Waals surface area contributed by atoms with Gasteiger partial charge in [-0.2, -0.15) is 0 Å². The Morgan fingerprint density at radius 1 is 1.10 bits per heavy atom. The van der Waals surface area contributed by atoms with Crippen LogP contribution in [0.1, 0.15) is 16.8 Å². The van der Waals surface area contributed by atoms with E-state index >= 15 is 0 Å². The first kappa shape index (κ1) is 15.2. The monoisotopic (exact) mass is 305 g/mol. The molecule has 0 aromatic heterocycles. The fourth-order valence-electron chi connectivity index (χ4n) is 1.76. The van der Waals surface area contributed by atoms with Crippen molar-refractivity contribution in [3.8, 4) is 5.75 Å². The molecule has 4 nitrogen and oxygen atoms in total. The molecule has 2 aromatic rings. The Labute approximate surface area is 128 Å². The Bertz CT molecular complexity index is 581. The Balaban J connectivity index is 1.67. The first-order chi connectivity index (χ1) is 10.1. The van der Waals surface area contributed by atoms with Gasteiger partial charge in [-0.25, -0.2) is 4.79 Å². The van der Waals surface area contributed by atoms with Crippen LogP contribution in [-0.4, -0.2) is 24.2 Å². The van der Waals surface area contributed by atoms with Crippen molar-refractivity contribution in [2.45, 2.75) is 6.42 Å². The average molecular weight is 306 g/mol. The fourth-order valence-corrected chi connectivity index (χ4v) is 1.88. The lowest BCUT2D eigenvalue weighted by atomic mass is 10.2. The number of halogens is 1. The van der Waals surface area contributed by atoms with Gasteiger partial charge < -0.3 is 15.2 Å². The van der Waals surface area contributed by atoms with Crippen molar-refractivity contribution in [2.24, 2.45) is 0 Å². The van der Waals surface area contributed by atoms with Crippen molar-refractivity contribution in [1.29, 1.82) is 0 Å². The molecule has 0 aliphatic heterocycles. The molecular formula is C16H16ClNO3. The second kappa shape index (κ2) is 7.55. The number of benzene rings is 2. The van der Waals surface area contributed by atoms with Gasteiger partial charge in [0.05, 0.1) is 12.2 Å². The van der Waals surface area contributed by atoms with Crippen LogP contribution >= 0.6 is 11.6 Å². The minimum atomic E-state index is -0.936. The standard InChI is InChI=1S/C16H16ClNO3/c17-13-4-6-14(7-5-13)18-10-1-11-21-15-8-2-12(3-9-15)16(19)20/h2-9,18H,1,10-11H2,(H,19,20). The van der Waals surface area contributed by atoms with E-state index in [1.54, 1.807) is 12.1 Å². The van der Waals surface area contributed by atoms with E-state index in [1.165, 1.54) is 12.1 Å². The van der Waals surface area contributed by atoms with Crippen molar-refractivity contribution in [3.05, 3.63) is 59.1 Å². The third-order valence-electron chi connectivity index (χ3n) is 2.86. The van der Waals surface area contributed by atoms with Gasteiger partial charge in [-0.3, -0.25) is 0 Å². The zero-order valence-corrected chi connectivity index (χ0v) is 12.1. The Morgan fingerprint density at radius 2 is 1.76 bits per heavy atom. The van der Waals surface area contributed by atoms with Crippen molar-refractivity contribution in [3.63, 3.8) is 0 Å². The maximum atomic E-state index is 10.7. The molecule has 0 atom stereocenters. The maximum absolute atomic E-state index is 10.7. The van der Waals surface area contributed by atoms with E-state index in [1.807, 2.05) is 24.3 Å². The van der Waals surface area contributed by atoms with Crippen molar-refractivity contribution in [1.82, 2.24) is 0 Å². The van der Waals surface area contributed by atoms with Gasteiger partial charge in [0.1, 0.15) is 5.75 Å². The third-order valence-corrected chi connectivity index (χ3v) is 3.12. The number of nitrogens with one attached hydrogen (secondary N) is 1. The van der Waals surface area contributed by atoms with Crippen LogP contribution in [0, 0.1) is 0 Å². The number of ether oxygens (including phenoxy) is 1. The molecule has 0 radical (unpaired) electrons. The predicted molar refractivity (Wildman–Crippen MR) is 83.5 cm³/mol. The largest absolute Gasteiger partial charge is 0.494 e. The van der Waals surface area contributed by atoms with Gasteiger partial charge in [0, 0.05) is 17.3 Å². The highest BCUT2D eigenvalue weighted by atomic mass is 35.5. The summed E-state index contributed by atoms with van der Waals surface area (Å²) >= 11 is 5.81. The second-order valence-corrected chi connectivity index (χ2v) is 4.90. The van der Waals surface area contributed by atoms with E-state index in [0.29, 0.717) is 17.4 Å². The summed E-state index contributed by atoms with van der Waals surface area (Å²) in [6.07, 6.45) is 0.837. The van der Waals surface area contributed by atoms with Crippen LogP contribution in [0.4, 0.5) is 5.69 Å². The molecule has 0 bridgehead atoms. The van der Waals surface area contributed by atoms with Crippen molar-refractivity contribution >= 4 is 23.3 Å². The highest BCUT2D eigenvalue weighted by Gasteiger charge is 2.01. The van der Waals surface area contributed by atoms with E-state index < -0.39 is 5.97 Å². The molecule has 0 spiro atoms. The van der Waals surface area contributed by atoms with E-state index in [2.05, 4.69) is 5.32 Å². The number of carboxylic acids is 1. The van der Waals surface area contributed by atoms with Gasteiger partial charge in [0.2, 0.25) is 0 Å². The summed E-state index contributed by atoms with van der Waals surface area (Å²) in [4.78, 5) is 10.7. The predicted octanol–water partition coefficient (Wildman–Crippen LogP) is 3.92. The average Bonchev–Trinajstić information content (AvgIpc) is 2.49. The van der Waals surface area contributed by atoms with Crippen LogP contribution in [0.15, 0.2) is 48.5 Å². The van der Waals surface area contributed by atoms with Gasteiger partial charge >= 0.3 is 5.97 Å². The molecule has 0 aliphatic carbocycles. The lowest BCUT2D eigenvalue weighted by Crippen LogP contribution is -2.07. The van der Waals surface area contributed by atoms with Crippen molar-refractivity contribution in [2.75, 3.05) is 18.5 Å². The van der Waals surface area contributed by atoms with Gasteiger partial charge in [-0.05, 0) is 55.0 Å². The zero-order chi connectivity index (χ0) is 15.1. The molecular weight excluding hydrogens is 290 g/mol. The number of rotatable bonds is 7. The highest BCUT2D eigenvalue weighted by molar-refractivity contribution is 6.30. The number of carbonyl (C=O) groups is 1. The second-order valence-electron chi connectivity index (χ2n) is 4.47. The smallest absolute Gasteiger partial charge is 0.335 e. The third kappa shape index (κ3) is 5.00. The summed E-state index contributed by atoms with van der Waals surface area (Å²) in [5.41, 5.74) is 1.27. The highest BCUT2D eigenvalue weighted by Crippen LogP contribution is 2.14. The lowest BCUT2D eigenvalue weighted by Gasteiger charge is -2.08. The SMILES string of the molecule is O=C(O)c1ccc(OCCCNc2ccc(Cl)cc2)cc1. The first-order valence-electron chi connectivity index (χ1n) is 6.61. The number of carboxylic acid groups (broad SMARTS) is 1. The van der Waals surface area contributed by atoms with E-state index in [9.17, 15) is 4.79 Å². The number of hydrogen-bond acceptors (Lipinski definition) is 3. The van der Waals surface area contributed by atoms with Gasteiger partial charge in [0.15, 0.2) is 0 Å². The van der Waals surface area contributed by atoms with Crippen LogP contribution in [0.3, 0.4) is 0 Å². The summed E-state index contributed by atoms with van der Waals surface area (Å²) in [7, 11) is 0. The van der Waals surface area contributed by atoms with Crippen LogP contribution in [0.25, 0.3) is 0 Å². The molecule has 0 aliphatic rings. The normalized spacial score (nSPS) is 10.1. The molecule has 0 heterocycles. The molecule has 0 fully saturated rings. The first-order valence-corrected chi connectivity index (χ1v) is 6.98. The summed E-state index contributed by atoms with van der Waals surface area (Å²) in [6, 6.07) is 13.9. The number of anilines is 1. The fraction of sp³-hybridized carbons (Fsp3) is 0.188. The molecule has 5 heteroatoms. The lowest BCUT2D eigenvalue weighted by molar-refractivity contribution is 0.0697. The molecule has 0 saturated carbocycles. The Hall–Kier alpha value is -2.20. The summed E-state index contributed by atoms with van der Waals surface area (Å²) in [6.45, 7) is 1.35. The number of hydrogen-bond donors (Lipinski definition) is 2. The zero-order valence-electron chi connectivity index (χ0n) is 11.4. The molecule has 2 N–H and O–H groups in total. The Morgan fingerprint density at radius 3 is 2.38 bits per heavy atom. The molecule has 21 heavy (non-hydrogen) atoms. The van der Waals surface area contributed by atoms with Crippen LogP contribution < -0.4 is 10.1 Å². The molecule has 0 unspecified atom stereocenters. The molecule has 2 aromatic carbocycles. The van der Waals surface area contributed by atoms with Crippen LogP contribution in [0.2, 0.25) is 5.02 Å². The number of aromatic carboxylic acids is 1. The van der Waals surface area contributed by atoms with E-state index in [-0.39, 0.29) is 5.56 Å².